The normalized spacial score (nSPS) is 13.3. The largest absolute Gasteiger partial charge is 0.502 e. The summed E-state index contributed by atoms with van der Waals surface area (Å²) in [5.74, 6) is -8.01. The molecule has 29 heteroatoms. The molecule has 7 aromatic rings. The Bertz CT molecular complexity index is 4420. The minimum Gasteiger partial charge on any atom is -0.502 e. The molecular weight excluding hydrogens is 1240 g/mol. The fourth-order valence-electron chi connectivity index (χ4n) is 10.7. The third-order valence-electron chi connectivity index (χ3n) is 15.4. The number of anilines is 3. The molecule has 0 radical (unpaired) electrons. The van der Waals surface area contributed by atoms with Crippen LogP contribution < -0.4 is 15.5 Å². The van der Waals surface area contributed by atoms with Gasteiger partial charge in [-0.3, -0.25) is 59.6 Å². The predicted molar refractivity (Wildman–Crippen MR) is 340 cm³/mol. The minimum absolute atomic E-state index is 0.0337. The fourth-order valence-corrected chi connectivity index (χ4v) is 10.7. The number of nitrogens with zero attached hydrogens (tertiary/aromatic N) is 6. The lowest BCUT2D eigenvalue weighted by atomic mass is 9.92. The number of nitrogens with two attached hydrogens (primary N) is 1. The molecule has 4 aliphatic heterocycles. The lowest BCUT2D eigenvalue weighted by Gasteiger charge is -2.25. The van der Waals surface area contributed by atoms with Crippen molar-refractivity contribution in [2.75, 3.05) is 15.5 Å². The number of phenols is 4. The van der Waals surface area contributed by atoms with Crippen molar-refractivity contribution in [1.29, 1.82) is 0 Å². The molecule has 0 bridgehead atoms. The number of hydrogen-bond donors (Lipinski definition) is 5. The van der Waals surface area contributed by atoms with Crippen LogP contribution in [-0.2, 0) is 9.47 Å². The zero-order valence-corrected chi connectivity index (χ0v) is 52.6. The van der Waals surface area contributed by atoms with Gasteiger partial charge in [-0.2, -0.15) is 0 Å². The van der Waals surface area contributed by atoms with Crippen molar-refractivity contribution < 1.29 is 87.9 Å². The van der Waals surface area contributed by atoms with Gasteiger partial charge in [0.1, 0.15) is 5.56 Å². The number of nitro groups is 4. The standard InChI is InChI=1S/C20H20N2O5.C18H16N2O5.C12H19N.2C8H3NO6/c1-10(2)12-6-5-7-13(11(3)4)17(12)21-19(24)14-8-9-15(23)18(22(26)27)16(14)20(21)25;1-9(2)11-6-4-5-10(3)16(11)19-17(22)12-7-14(20(24)25)15(21)8-13(12)18(19)23;1-8(2)10-6-5-7-11(9(3)4)12(10)13;10-6-2-4-3(1-5(6)9(13)14)7(11)15-8(4)12;10-4-2-1-3-5(6(4)9(13)14)8(12)15-7(3)11/h5-11,23H,1-4H3;4-9,21H,1-3H3;5-9H,13H2,1-4H3;2*1-2,10H. The lowest BCUT2D eigenvalue weighted by Crippen LogP contribution is -2.32. The fraction of sp³-hybridized carbons (Fsp3) is 0.242. The molecule has 95 heavy (non-hydrogen) atoms. The van der Waals surface area contributed by atoms with Gasteiger partial charge in [-0.05, 0) is 94.2 Å². The van der Waals surface area contributed by atoms with Gasteiger partial charge < -0.3 is 35.6 Å². The topological polar surface area (TPSA) is 441 Å². The van der Waals surface area contributed by atoms with Gasteiger partial charge >= 0.3 is 46.6 Å². The molecule has 0 saturated carbocycles. The highest BCUT2D eigenvalue weighted by atomic mass is 16.6. The van der Waals surface area contributed by atoms with Crippen LogP contribution in [0.25, 0.3) is 0 Å². The van der Waals surface area contributed by atoms with Crippen LogP contribution in [0.2, 0.25) is 0 Å². The van der Waals surface area contributed by atoms with Crippen LogP contribution in [-0.4, -0.2) is 87.6 Å². The zero-order chi connectivity index (χ0) is 70.8. The van der Waals surface area contributed by atoms with Crippen molar-refractivity contribution in [1.82, 2.24) is 0 Å². The number of benzene rings is 7. The average molecular weight is 1300 g/mol. The van der Waals surface area contributed by atoms with Crippen molar-refractivity contribution in [3.8, 4) is 23.0 Å². The van der Waals surface area contributed by atoms with Crippen LogP contribution in [0.4, 0.5) is 39.8 Å². The third-order valence-corrected chi connectivity index (χ3v) is 15.4. The summed E-state index contributed by atoms with van der Waals surface area (Å²) in [6.07, 6.45) is 0. The molecule has 0 fully saturated rings. The van der Waals surface area contributed by atoms with E-state index in [1.807, 2.05) is 71.9 Å². The van der Waals surface area contributed by atoms with Gasteiger partial charge in [-0.15, -0.1) is 0 Å². The first-order chi connectivity index (χ1) is 44.5. The SMILES string of the molecule is CC(C)c1cccc(C(C)C)c1N.CC(C)c1cccc(C(C)C)c1N1C(=O)c2ccc(O)c([N+](=O)[O-])c2C1=O.Cc1cccc(C(C)C)c1N1C(=O)c2cc(O)c([N+](=O)[O-])cc2C1=O.O=C1OC(=O)c2c1ccc(O)c2[N+](=O)[O-].O=C1OC(=O)c2cc([N+](=O)[O-])c(O)cc21. The smallest absolute Gasteiger partial charge is 0.354 e. The van der Waals surface area contributed by atoms with E-state index < -0.39 is 119 Å². The van der Waals surface area contributed by atoms with Crippen molar-refractivity contribution in [3.05, 3.63) is 221 Å². The number of para-hydroxylation sites is 3. The van der Waals surface area contributed by atoms with Crippen molar-refractivity contribution in [2.45, 2.75) is 106 Å². The second kappa shape index (κ2) is 27.7. The number of fused-ring (bicyclic) bond motifs is 4. The number of amides is 4. The maximum Gasteiger partial charge on any atom is 0.354 e. The Morgan fingerprint density at radius 1 is 0.379 bits per heavy atom. The van der Waals surface area contributed by atoms with Gasteiger partial charge in [0.05, 0.1) is 64.4 Å². The van der Waals surface area contributed by atoms with Gasteiger partial charge in [0.2, 0.25) is 0 Å². The summed E-state index contributed by atoms with van der Waals surface area (Å²) in [4.78, 5) is 138. The quantitative estimate of drug-likeness (QED) is 0.0200. The van der Waals surface area contributed by atoms with Gasteiger partial charge in [0, 0.05) is 30.0 Å². The highest BCUT2D eigenvalue weighted by Crippen LogP contribution is 2.45. The number of aryl methyl sites for hydroxylation is 1. The average Bonchev–Trinajstić information content (AvgIpc) is 1.59. The van der Waals surface area contributed by atoms with E-state index in [4.69, 9.17) is 5.73 Å². The Balaban J connectivity index is 0.000000173. The predicted octanol–water partition coefficient (Wildman–Crippen LogP) is 12.6. The molecule has 4 amide bonds. The number of carbonyl (C=O) groups excluding carboxylic acids is 8. The Morgan fingerprint density at radius 2 is 0.716 bits per heavy atom. The summed E-state index contributed by atoms with van der Waals surface area (Å²) in [5.41, 5.74) is 9.37. The number of esters is 4. The number of nitrogen functional groups attached to an aromatic ring is 1. The molecule has 6 N–H and O–H groups in total. The van der Waals surface area contributed by atoms with E-state index in [0.29, 0.717) is 23.2 Å². The van der Waals surface area contributed by atoms with Crippen molar-refractivity contribution >= 4 is 87.3 Å². The summed E-state index contributed by atoms with van der Waals surface area (Å²) < 4.78 is 8.39. The highest BCUT2D eigenvalue weighted by Gasteiger charge is 2.46. The maximum atomic E-state index is 13.1. The van der Waals surface area contributed by atoms with Crippen LogP contribution in [0, 0.1) is 47.4 Å². The van der Waals surface area contributed by atoms with Gasteiger partial charge in [-0.25, -0.2) is 29.0 Å². The summed E-state index contributed by atoms with van der Waals surface area (Å²) in [5, 5.41) is 81.4. The van der Waals surface area contributed by atoms with E-state index in [0.717, 1.165) is 80.2 Å². The molecule has 0 spiro atoms. The Labute approximate surface area is 539 Å². The van der Waals surface area contributed by atoms with Crippen LogP contribution in [0.1, 0.15) is 215 Å². The maximum absolute atomic E-state index is 13.1. The molecule has 29 nitrogen and oxygen atoms in total. The molecule has 0 aromatic heterocycles. The monoisotopic (exact) mass is 1300 g/mol. The Morgan fingerprint density at radius 3 is 1.16 bits per heavy atom. The molecule has 0 aliphatic carbocycles. The summed E-state index contributed by atoms with van der Waals surface area (Å²) in [7, 11) is 0. The number of carbonyl (C=O) groups is 8. The Hall–Kier alpha value is -12.3. The molecule has 0 unspecified atom stereocenters. The summed E-state index contributed by atoms with van der Waals surface area (Å²) >= 11 is 0. The van der Waals surface area contributed by atoms with E-state index in [1.54, 1.807) is 13.0 Å². The number of cyclic esters (lactones) is 4. The molecule has 0 saturated heterocycles. The summed E-state index contributed by atoms with van der Waals surface area (Å²) in [6, 6.07) is 25.4. The number of imide groups is 2. The molecule has 11 rings (SSSR count). The molecule has 4 heterocycles. The van der Waals surface area contributed by atoms with Gasteiger partial charge in [0.25, 0.3) is 23.6 Å². The van der Waals surface area contributed by atoms with E-state index in [-0.39, 0.29) is 56.7 Å². The van der Waals surface area contributed by atoms with E-state index in [9.17, 15) is 99.2 Å². The summed E-state index contributed by atoms with van der Waals surface area (Å²) in [6.45, 7) is 22.2. The van der Waals surface area contributed by atoms with Crippen molar-refractivity contribution in [3.63, 3.8) is 0 Å². The highest BCUT2D eigenvalue weighted by molar-refractivity contribution is 6.37. The first-order valence-corrected chi connectivity index (χ1v) is 28.9. The van der Waals surface area contributed by atoms with E-state index in [2.05, 4.69) is 55.4 Å². The van der Waals surface area contributed by atoms with Gasteiger partial charge in [-0.1, -0.05) is 124 Å². The molecule has 7 aromatic carbocycles. The molecule has 492 valence electrons. The zero-order valence-electron chi connectivity index (χ0n) is 52.6. The van der Waals surface area contributed by atoms with Crippen LogP contribution in [0.15, 0.2) is 103 Å². The van der Waals surface area contributed by atoms with Crippen LogP contribution in [0.3, 0.4) is 0 Å². The number of phenolic OH excluding ortho intramolecular Hbond substituents is 4. The minimum atomic E-state index is -1.11. The lowest BCUT2D eigenvalue weighted by molar-refractivity contribution is -0.386. The number of nitro benzene ring substituents is 4. The van der Waals surface area contributed by atoms with Crippen molar-refractivity contribution in [2.24, 2.45) is 0 Å². The van der Waals surface area contributed by atoms with E-state index >= 15 is 0 Å². The molecule has 0 atom stereocenters. The second-order valence-corrected chi connectivity index (χ2v) is 23.2. The first-order valence-electron chi connectivity index (χ1n) is 28.9. The molecule has 4 aliphatic rings. The van der Waals surface area contributed by atoms with E-state index in [1.165, 1.54) is 17.2 Å². The van der Waals surface area contributed by atoms with Crippen LogP contribution in [0.5, 0.6) is 23.0 Å². The second-order valence-electron chi connectivity index (χ2n) is 23.2. The molecular formula is C66H61N7O22. The number of hydrogen-bond acceptors (Lipinski definition) is 23. The van der Waals surface area contributed by atoms with Crippen LogP contribution >= 0.6 is 0 Å². The first kappa shape index (κ1) is 70.2. The number of aromatic hydroxyl groups is 4. The Kier molecular flexibility index (Phi) is 20.4. The number of ether oxygens (including phenoxy) is 2. The third kappa shape index (κ3) is 13.6. The number of rotatable bonds is 11. The van der Waals surface area contributed by atoms with Gasteiger partial charge in [0.15, 0.2) is 28.6 Å².